The lowest BCUT2D eigenvalue weighted by molar-refractivity contribution is -0.0470. The molecule has 0 spiro atoms. The first-order chi connectivity index (χ1) is 9.28. The van der Waals surface area contributed by atoms with Gasteiger partial charge >= 0.3 is 0 Å². The van der Waals surface area contributed by atoms with Crippen molar-refractivity contribution in [3.05, 3.63) is 35.4 Å². The molecule has 3 aliphatic rings. The van der Waals surface area contributed by atoms with Gasteiger partial charge in [-0.25, -0.2) is 0 Å². The number of aryl methyl sites for hydroxylation is 1. The van der Waals surface area contributed by atoms with E-state index in [0.717, 1.165) is 38.0 Å². The fraction of sp³-hybridized carbons (Fsp3) is 0.625. The van der Waals surface area contributed by atoms with Crippen molar-refractivity contribution in [3.8, 4) is 0 Å². The van der Waals surface area contributed by atoms with Crippen molar-refractivity contribution in [3.63, 3.8) is 0 Å². The van der Waals surface area contributed by atoms with Crippen LogP contribution in [0.2, 0.25) is 0 Å². The van der Waals surface area contributed by atoms with Crippen molar-refractivity contribution in [2.24, 2.45) is 0 Å². The number of nitrogens with zero attached hydrogens (tertiary/aromatic N) is 2. The van der Waals surface area contributed by atoms with E-state index in [9.17, 15) is 5.11 Å². The average Bonchev–Trinajstić information content (AvgIpc) is 2.48. The summed E-state index contributed by atoms with van der Waals surface area (Å²) in [6.45, 7) is 7.76. The zero-order valence-corrected chi connectivity index (χ0v) is 11.8. The highest BCUT2D eigenvalue weighted by atomic mass is 16.3. The van der Waals surface area contributed by atoms with Gasteiger partial charge in [0.05, 0.1) is 12.1 Å². The first-order valence-corrected chi connectivity index (χ1v) is 7.51. The van der Waals surface area contributed by atoms with E-state index < -0.39 is 0 Å². The lowest BCUT2D eigenvalue weighted by atomic mass is 9.95. The number of hydrogen-bond donors (Lipinski definition) is 1. The second-order valence-electron chi connectivity index (χ2n) is 5.84. The fourth-order valence-corrected chi connectivity index (χ4v) is 3.40. The number of fused-ring (bicyclic) bond motifs is 3. The molecule has 3 saturated heterocycles. The van der Waals surface area contributed by atoms with Crippen LogP contribution in [0.5, 0.6) is 0 Å². The molecule has 0 aliphatic carbocycles. The number of hydrogen-bond acceptors (Lipinski definition) is 3. The van der Waals surface area contributed by atoms with Crippen LogP contribution >= 0.6 is 0 Å². The van der Waals surface area contributed by atoms with Crippen molar-refractivity contribution in [2.45, 2.75) is 31.9 Å². The maximum atomic E-state index is 10.7. The van der Waals surface area contributed by atoms with E-state index in [4.69, 9.17) is 0 Å². The standard InChI is InChI=1S/C16H24N2O/c1-2-4-13-5-3-6-14(11-13)16(19)15-12-17-7-9-18(15)10-8-17/h3,5-6,11,15-16,19H,2,4,7-10,12H2,1H3. The Morgan fingerprint density at radius 1 is 1.26 bits per heavy atom. The van der Waals surface area contributed by atoms with Crippen LogP contribution in [0, 0.1) is 0 Å². The highest BCUT2D eigenvalue weighted by Gasteiger charge is 2.36. The molecule has 1 N–H and O–H groups in total. The minimum atomic E-state index is -0.347. The van der Waals surface area contributed by atoms with Crippen LogP contribution in [0.25, 0.3) is 0 Å². The molecule has 2 bridgehead atoms. The summed E-state index contributed by atoms with van der Waals surface area (Å²) in [7, 11) is 0. The van der Waals surface area contributed by atoms with Crippen molar-refractivity contribution >= 4 is 0 Å². The van der Waals surface area contributed by atoms with Gasteiger partial charge < -0.3 is 5.11 Å². The van der Waals surface area contributed by atoms with E-state index in [-0.39, 0.29) is 12.1 Å². The monoisotopic (exact) mass is 260 g/mol. The summed E-state index contributed by atoms with van der Waals surface area (Å²) < 4.78 is 0. The van der Waals surface area contributed by atoms with Crippen LogP contribution in [0.15, 0.2) is 24.3 Å². The molecule has 3 nitrogen and oxygen atoms in total. The summed E-state index contributed by atoms with van der Waals surface area (Å²) in [6, 6.07) is 8.78. The number of aliphatic hydroxyl groups excluding tert-OH is 1. The van der Waals surface area contributed by atoms with Crippen LogP contribution in [0.1, 0.15) is 30.6 Å². The zero-order chi connectivity index (χ0) is 13.2. The Kier molecular flexibility index (Phi) is 3.87. The predicted molar refractivity (Wildman–Crippen MR) is 77.2 cm³/mol. The third kappa shape index (κ3) is 2.69. The second-order valence-corrected chi connectivity index (χ2v) is 5.84. The molecule has 2 atom stereocenters. The number of aliphatic hydroxyl groups is 1. The van der Waals surface area contributed by atoms with E-state index >= 15 is 0 Å². The van der Waals surface area contributed by atoms with Crippen LogP contribution in [0.3, 0.4) is 0 Å². The molecular formula is C16H24N2O. The van der Waals surface area contributed by atoms with Crippen molar-refractivity contribution in [1.82, 2.24) is 9.80 Å². The van der Waals surface area contributed by atoms with Gasteiger partial charge in [-0.15, -0.1) is 0 Å². The SMILES string of the molecule is CCCc1cccc(C(O)C2CN3CCN2CC3)c1. The molecule has 0 aromatic heterocycles. The lowest BCUT2D eigenvalue weighted by Crippen LogP contribution is -2.62. The molecular weight excluding hydrogens is 236 g/mol. The summed E-state index contributed by atoms with van der Waals surface area (Å²) in [5, 5.41) is 10.7. The van der Waals surface area contributed by atoms with Gasteiger partial charge in [-0.1, -0.05) is 37.6 Å². The first kappa shape index (κ1) is 13.1. The molecule has 3 fully saturated rings. The Balaban J connectivity index is 1.76. The quantitative estimate of drug-likeness (QED) is 0.892. The second kappa shape index (κ2) is 5.61. The van der Waals surface area contributed by atoms with E-state index in [2.05, 4.69) is 41.0 Å². The van der Waals surface area contributed by atoms with Gasteiger partial charge in [0.1, 0.15) is 0 Å². The third-order valence-electron chi connectivity index (χ3n) is 4.52. The van der Waals surface area contributed by atoms with Gasteiger partial charge in [-0.05, 0) is 17.5 Å². The number of piperazine rings is 3. The Morgan fingerprint density at radius 3 is 2.68 bits per heavy atom. The highest BCUT2D eigenvalue weighted by molar-refractivity contribution is 5.26. The minimum Gasteiger partial charge on any atom is -0.387 e. The maximum Gasteiger partial charge on any atom is 0.0957 e. The normalized spacial score (nSPS) is 31.4. The van der Waals surface area contributed by atoms with E-state index in [1.165, 1.54) is 18.7 Å². The fourth-order valence-electron chi connectivity index (χ4n) is 3.40. The van der Waals surface area contributed by atoms with Gasteiger partial charge in [0.2, 0.25) is 0 Å². The maximum absolute atomic E-state index is 10.7. The summed E-state index contributed by atoms with van der Waals surface area (Å²) >= 11 is 0. The molecule has 1 aromatic rings. The molecule has 1 aromatic carbocycles. The Hall–Kier alpha value is -0.900. The average molecular weight is 260 g/mol. The Morgan fingerprint density at radius 2 is 2.05 bits per heavy atom. The number of benzene rings is 1. The van der Waals surface area contributed by atoms with Gasteiger partial charge in [0, 0.05) is 32.7 Å². The topological polar surface area (TPSA) is 26.7 Å². The summed E-state index contributed by atoms with van der Waals surface area (Å²) in [6.07, 6.45) is 1.91. The van der Waals surface area contributed by atoms with E-state index in [1.807, 2.05) is 0 Å². The Labute approximate surface area is 115 Å². The molecule has 104 valence electrons. The minimum absolute atomic E-state index is 0.277. The highest BCUT2D eigenvalue weighted by Crippen LogP contribution is 2.27. The van der Waals surface area contributed by atoms with Crippen molar-refractivity contribution in [1.29, 1.82) is 0 Å². The molecule has 19 heavy (non-hydrogen) atoms. The smallest absolute Gasteiger partial charge is 0.0957 e. The van der Waals surface area contributed by atoms with Crippen LogP contribution < -0.4 is 0 Å². The van der Waals surface area contributed by atoms with Gasteiger partial charge in [-0.2, -0.15) is 0 Å². The molecule has 3 aliphatic heterocycles. The number of rotatable bonds is 4. The molecule has 0 amide bonds. The zero-order valence-electron chi connectivity index (χ0n) is 11.8. The molecule has 0 saturated carbocycles. The summed E-state index contributed by atoms with van der Waals surface area (Å²) in [5.41, 5.74) is 2.43. The molecule has 3 heterocycles. The first-order valence-electron chi connectivity index (χ1n) is 7.51. The summed E-state index contributed by atoms with van der Waals surface area (Å²) in [5.74, 6) is 0. The van der Waals surface area contributed by atoms with Crippen LogP contribution in [-0.2, 0) is 6.42 Å². The third-order valence-corrected chi connectivity index (χ3v) is 4.52. The predicted octanol–water partition coefficient (Wildman–Crippen LogP) is 1.67. The van der Waals surface area contributed by atoms with Crippen molar-refractivity contribution < 1.29 is 5.11 Å². The van der Waals surface area contributed by atoms with Gasteiger partial charge in [0.15, 0.2) is 0 Å². The molecule has 4 rings (SSSR count). The molecule has 0 radical (unpaired) electrons. The molecule has 2 unspecified atom stereocenters. The van der Waals surface area contributed by atoms with Gasteiger partial charge in [-0.3, -0.25) is 9.80 Å². The van der Waals surface area contributed by atoms with Crippen LogP contribution in [0.4, 0.5) is 0 Å². The Bertz CT molecular complexity index is 427. The largest absolute Gasteiger partial charge is 0.387 e. The lowest BCUT2D eigenvalue weighted by Gasteiger charge is -2.49. The van der Waals surface area contributed by atoms with E-state index in [0.29, 0.717) is 0 Å². The van der Waals surface area contributed by atoms with Crippen LogP contribution in [-0.4, -0.2) is 53.7 Å². The molecule has 3 heteroatoms. The van der Waals surface area contributed by atoms with Crippen molar-refractivity contribution in [2.75, 3.05) is 32.7 Å². The van der Waals surface area contributed by atoms with Gasteiger partial charge in [0.25, 0.3) is 0 Å². The van der Waals surface area contributed by atoms with E-state index in [1.54, 1.807) is 0 Å². The summed E-state index contributed by atoms with van der Waals surface area (Å²) in [4.78, 5) is 4.93.